The van der Waals surface area contributed by atoms with E-state index in [1.807, 2.05) is 0 Å². The van der Waals surface area contributed by atoms with Gasteiger partial charge in [0, 0.05) is 26.2 Å². The maximum absolute atomic E-state index is 12.8. The predicted octanol–water partition coefficient (Wildman–Crippen LogP) is 1.34. The fourth-order valence-corrected chi connectivity index (χ4v) is 2.81. The van der Waals surface area contributed by atoms with Crippen molar-refractivity contribution in [3.8, 4) is 0 Å². The van der Waals surface area contributed by atoms with E-state index in [0.717, 1.165) is 18.4 Å². The second-order valence-corrected chi connectivity index (χ2v) is 7.12. The Labute approximate surface area is 113 Å². The highest BCUT2D eigenvalue weighted by molar-refractivity contribution is 7.89. The number of nitrogens with zero attached hydrogens (tertiary/aromatic N) is 1. The Morgan fingerprint density at radius 3 is 2.53 bits per heavy atom. The molecule has 0 bridgehead atoms. The first-order valence-corrected chi connectivity index (χ1v) is 8.00. The highest BCUT2D eigenvalue weighted by Gasteiger charge is 2.22. The fraction of sp³-hybridized carbons (Fsp3) is 0.538. The minimum atomic E-state index is -3.26. The molecule has 0 aromatic heterocycles. The summed E-state index contributed by atoms with van der Waals surface area (Å²) < 4.78 is 38.1. The number of hydrogen-bond donors (Lipinski definition) is 1. The molecule has 19 heavy (non-hydrogen) atoms. The normalized spacial score (nSPS) is 15.9. The van der Waals surface area contributed by atoms with Crippen LogP contribution in [0, 0.1) is 5.82 Å². The van der Waals surface area contributed by atoms with Gasteiger partial charge in [-0.3, -0.25) is 0 Å². The molecular weight excluding hydrogens is 267 g/mol. The van der Waals surface area contributed by atoms with Gasteiger partial charge in [0.05, 0.1) is 5.75 Å². The van der Waals surface area contributed by atoms with Crippen molar-refractivity contribution in [1.82, 2.24) is 9.62 Å². The van der Waals surface area contributed by atoms with E-state index < -0.39 is 10.0 Å². The lowest BCUT2D eigenvalue weighted by atomic mass is 10.2. The lowest BCUT2D eigenvalue weighted by molar-refractivity contribution is 0.464. The third-order valence-corrected chi connectivity index (χ3v) is 4.96. The highest BCUT2D eigenvalue weighted by Crippen LogP contribution is 2.18. The van der Waals surface area contributed by atoms with Gasteiger partial charge in [0.25, 0.3) is 0 Å². The van der Waals surface area contributed by atoms with E-state index in [1.165, 1.54) is 16.4 Å². The minimum absolute atomic E-state index is 0.0984. The summed E-state index contributed by atoms with van der Waals surface area (Å²) in [6.07, 6.45) is 2.29. The largest absolute Gasteiger partial charge is 0.313 e. The molecule has 0 unspecified atom stereocenters. The number of benzene rings is 1. The van der Waals surface area contributed by atoms with E-state index in [0.29, 0.717) is 12.6 Å². The van der Waals surface area contributed by atoms with Crippen molar-refractivity contribution in [2.45, 2.75) is 25.4 Å². The lowest BCUT2D eigenvalue weighted by Crippen LogP contribution is -2.33. The average Bonchev–Trinajstić information content (AvgIpc) is 3.16. The topological polar surface area (TPSA) is 49.4 Å². The molecule has 6 heteroatoms. The second-order valence-electron chi connectivity index (χ2n) is 4.93. The van der Waals surface area contributed by atoms with Crippen LogP contribution in [0.4, 0.5) is 4.39 Å². The minimum Gasteiger partial charge on any atom is -0.313 e. The summed E-state index contributed by atoms with van der Waals surface area (Å²) >= 11 is 0. The van der Waals surface area contributed by atoms with Crippen LogP contribution in [0.25, 0.3) is 0 Å². The number of hydrogen-bond acceptors (Lipinski definition) is 3. The molecule has 0 radical (unpaired) electrons. The summed E-state index contributed by atoms with van der Waals surface area (Å²) in [5.41, 5.74) is 0.780. The summed E-state index contributed by atoms with van der Waals surface area (Å²) in [5.74, 6) is -0.218. The number of halogens is 1. The molecule has 0 atom stereocenters. The van der Waals surface area contributed by atoms with Crippen molar-refractivity contribution in [2.75, 3.05) is 19.3 Å². The number of sulfonamides is 1. The van der Waals surface area contributed by atoms with Gasteiger partial charge in [0.1, 0.15) is 5.82 Å². The SMILES string of the molecule is CN(Cc1ccc(F)cc1)S(=O)(=O)CCNC1CC1. The molecule has 106 valence electrons. The zero-order valence-electron chi connectivity index (χ0n) is 11.0. The summed E-state index contributed by atoms with van der Waals surface area (Å²) in [5, 5.41) is 3.18. The van der Waals surface area contributed by atoms with Crippen LogP contribution in [0.15, 0.2) is 24.3 Å². The maximum Gasteiger partial charge on any atom is 0.215 e. The Kier molecular flexibility index (Phi) is 4.54. The second kappa shape index (κ2) is 5.98. The highest BCUT2D eigenvalue weighted by atomic mass is 32.2. The Morgan fingerprint density at radius 1 is 1.32 bits per heavy atom. The van der Waals surface area contributed by atoms with E-state index in [1.54, 1.807) is 19.2 Å². The van der Waals surface area contributed by atoms with Crippen molar-refractivity contribution in [1.29, 1.82) is 0 Å². The van der Waals surface area contributed by atoms with Crippen LogP contribution in [0.3, 0.4) is 0 Å². The van der Waals surface area contributed by atoms with Gasteiger partial charge in [-0.2, -0.15) is 0 Å². The van der Waals surface area contributed by atoms with E-state index in [4.69, 9.17) is 0 Å². The van der Waals surface area contributed by atoms with Crippen LogP contribution < -0.4 is 5.32 Å². The number of rotatable bonds is 7. The Hall–Kier alpha value is -0.980. The summed E-state index contributed by atoms with van der Waals surface area (Å²) in [7, 11) is -1.71. The molecule has 1 saturated carbocycles. The van der Waals surface area contributed by atoms with Gasteiger partial charge < -0.3 is 5.32 Å². The summed E-state index contributed by atoms with van der Waals surface area (Å²) in [6, 6.07) is 6.39. The van der Waals surface area contributed by atoms with Gasteiger partial charge in [0.2, 0.25) is 10.0 Å². The Balaban J connectivity index is 1.85. The zero-order valence-corrected chi connectivity index (χ0v) is 11.8. The van der Waals surface area contributed by atoms with Crippen LogP contribution in [-0.4, -0.2) is 38.1 Å². The van der Waals surface area contributed by atoms with E-state index in [9.17, 15) is 12.8 Å². The van der Waals surface area contributed by atoms with Gasteiger partial charge in [0.15, 0.2) is 0 Å². The van der Waals surface area contributed by atoms with Gasteiger partial charge >= 0.3 is 0 Å². The lowest BCUT2D eigenvalue weighted by Gasteiger charge is -2.17. The molecule has 0 spiro atoms. The molecule has 1 aromatic rings. The molecular formula is C13H19FN2O2S. The van der Waals surface area contributed by atoms with E-state index >= 15 is 0 Å². The Bertz CT molecular complexity index is 512. The molecule has 1 fully saturated rings. The fourth-order valence-electron chi connectivity index (χ4n) is 1.78. The first kappa shape index (κ1) is 14.4. The monoisotopic (exact) mass is 286 g/mol. The molecule has 0 amide bonds. The van der Waals surface area contributed by atoms with Gasteiger partial charge in [-0.15, -0.1) is 0 Å². The molecule has 1 aromatic carbocycles. The molecule has 1 aliphatic carbocycles. The quantitative estimate of drug-likeness (QED) is 0.823. The molecule has 1 aliphatic rings. The van der Waals surface area contributed by atoms with Crippen LogP contribution in [0.1, 0.15) is 18.4 Å². The third-order valence-electron chi connectivity index (χ3n) is 3.16. The maximum atomic E-state index is 12.8. The Morgan fingerprint density at radius 2 is 1.95 bits per heavy atom. The molecule has 0 heterocycles. The van der Waals surface area contributed by atoms with Crippen molar-refractivity contribution in [2.24, 2.45) is 0 Å². The van der Waals surface area contributed by atoms with Crippen LogP contribution in [0.5, 0.6) is 0 Å². The number of nitrogens with one attached hydrogen (secondary N) is 1. The first-order valence-electron chi connectivity index (χ1n) is 6.39. The van der Waals surface area contributed by atoms with Crippen molar-refractivity contribution in [3.63, 3.8) is 0 Å². The molecule has 0 aliphatic heterocycles. The van der Waals surface area contributed by atoms with E-state index in [2.05, 4.69) is 5.32 Å². The summed E-state index contributed by atoms with van der Waals surface area (Å²) in [6.45, 7) is 0.757. The first-order chi connectivity index (χ1) is 8.97. The van der Waals surface area contributed by atoms with Crippen LogP contribution in [-0.2, 0) is 16.6 Å². The van der Waals surface area contributed by atoms with Crippen molar-refractivity contribution < 1.29 is 12.8 Å². The zero-order chi connectivity index (χ0) is 13.9. The summed E-state index contributed by atoms with van der Waals surface area (Å²) in [4.78, 5) is 0. The van der Waals surface area contributed by atoms with Gasteiger partial charge in [-0.25, -0.2) is 17.1 Å². The van der Waals surface area contributed by atoms with Crippen LogP contribution in [0.2, 0.25) is 0 Å². The van der Waals surface area contributed by atoms with Crippen molar-refractivity contribution >= 4 is 10.0 Å². The van der Waals surface area contributed by atoms with E-state index in [-0.39, 0.29) is 18.1 Å². The van der Waals surface area contributed by atoms with Crippen molar-refractivity contribution in [3.05, 3.63) is 35.6 Å². The third kappa shape index (κ3) is 4.56. The molecule has 4 nitrogen and oxygen atoms in total. The van der Waals surface area contributed by atoms with Gasteiger partial charge in [-0.05, 0) is 30.5 Å². The van der Waals surface area contributed by atoms with Crippen LogP contribution >= 0.6 is 0 Å². The predicted molar refractivity (Wildman–Crippen MR) is 72.7 cm³/mol. The van der Waals surface area contributed by atoms with Gasteiger partial charge in [-0.1, -0.05) is 12.1 Å². The standard InChI is InChI=1S/C13H19FN2O2S/c1-16(10-11-2-4-12(14)5-3-11)19(17,18)9-8-15-13-6-7-13/h2-5,13,15H,6-10H2,1H3. The molecule has 0 saturated heterocycles. The molecule has 1 N–H and O–H groups in total. The smallest absolute Gasteiger partial charge is 0.215 e. The molecule has 2 rings (SSSR count). The average molecular weight is 286 g/mol.